The highest BCUT2D eigenvalue weighted by atomic mass is 16.7. The topological polar surface area (TPSA) is 151 Å². The van der Waals surface area contributed by atoms with Gasteiger partial charge in [-0.3, -0.25) is 19.4 Å². The molecule has 2 aromatic heterocycles. The van der Waals surface area contributed by atoms with Crippen LogP contribution >= 0.6 is 0 Å². The first kappa shape index (κ1) is 18.4. The first-order chi connectivity index (χ1) is 13.9. The van der Waals surface area contributed by atoms with Crippen LogP contribution in [0.1, 0.15) is 34.3 Å². The second kappa shape index (κ2) is 7.23. The summed E-state index contributed by atoms with van der Waals surface area (Å²) in [6, 6.07) is 6.62. The molecule has 0 bridgehead atoms. The number of carbonyl (C=O) groups excluding carboxylic acids is 3. The van der Waals surface area contributed by atoms with E-state index in [1.54, 1.807) is 30.5 Å². The Morgan fingerprint density at radius 1 is 1.10 bits per heavy atom. The number of aromatic nitrogens is 3. The fourth-order valence-electron chi connectivity index (χ4n) is 3.20. The van der Waals surface area contributed by atoms with Crippen molar-refractivity contribution < 1.29 is 19.2 Å². The summed E-state index contributed by atoms with van der Waals surface area (Å²) < 4.78 is 0. The average Bonchev–Trinajstić information content (AvgIpc) is 3.24. The van der Waals surface area contributed by atoms with Crippen LogP contribution in [0.5, 0.6) is 0 Å². The molecule has 1 aliphatic heterocycles. The molecule has 4 N–H and O–H groups in total. The second-order valence-corrected chi connectivity index (χ2v) is 6.65. The highest BCUT2D eigenvalue weighted by Gasteiger charge is 2.33. The van der Waals surface area contributed by atoms with Crippen molar-refractivity contribution in [1.82, 2.24) is 20.0 Å². The lowest BCUT2D eigenvalue weighted by atomic mass is 10.0. The number of benzene rings is 1. The van der Waals surface area contributed by atoms with Crippen molar-refractivity contribution in [2.45, 2.75) is 25.7 Å². The Morgan fingerprint density at radius 2 is 1.79 bits per heavy atom. The van der Waals surface area contributed by atoms with Gasteiger partial charge >= 0.3 is 5.97 Å². The zero-order valence-electron chi connectivity index (χ0n) is 15.2. The maximum Gasteiger partial charge on any atom is 0.363 e. The predicted octanol–water partition coefficient (Wildman–Crippen LogP) is 0.839. The number of aryl methyl sites for hydroxylation is 2. The van der Waals surface area contributed by atoms with Crippen LogP contribution < -0.4 is 11.3 Å². The number of nitrogen functional groups attached to an aromatic ring is 1. The van der Waals surface area contributed by atoms with E-state index in [1.165, 1.54) is 0 Å². The van der Waals surface area contributed by atoms with E-state index in [1.807, 2.05) is 0 Å². The zero-order chi connectivity index (χ0) is 20.5. The van der Waals surface area contributed by atoms with E-state index in [-0.39, 0.29) is 29.9 Å². The van der Waals surface area contributed by atoms with Crippen molar-refractivity contribution in [3.8, 4) is 0 Å². The Kier molecular flexibility index (Phi) is 4.59. The average molecular weight is 395 g/mol. The molecular weight excluding hydrogens is 378 g/mol. The number of nitrogens with one attached hydrogen (secondary N) is 2. The number of carbonyl (C=O) groups is 3. The molecule has 148 valence electrons. The summed E-state index contributed by atoms with van der Waals surface area (Å²) in [5.41, 5.74) is 7.65. The third-order valence-corrected chi connectivity index (χ3v) is 4.69. The quantitative estimate of drug-likeness (QED) is 0.541. The van der Waals surface area contributed by atoms with Gasteiger partial charge in [-0.2, -0.15) is 4.98 Å². The molecule has 3 aromatic rings. The number of amides is 2. The Morgan fingerprint density at radius 3 is 2.48 bits per heavy atom. The van der Waals surface area contributed by atoms with Crippen LogP contribution in [0.3, 0.4) is 0 Å². The minimum absolute atomic E-state index is 0.0455. The zero-order valence-corrected chi connectivity index (χ0v) is 15.2. The summed E-state index contributed by atoms with van der Waals surface area (Å²) in [6.07, 6.45) is 3.01. The van der Waals surface area contributed by atoms with E-state index in [2.05, 4.69) is 15.0 Å². The van der Waals surface area contributed by atoms with E-state index in [4.69, 9.17) is 10.6 Å². The summed E-state index contributed by atoms with van der Waals surface area (Å²) >= 11 is 0. The van der Waals surface area contributed by atoms with Gasteiger partial charge in [-0.15, -0.1) is 5.06 Å². The number of aromatic amines is 2. The predicted molar refractivity (Wildman–Crippen MR) is 101 cm³/mol. The number of hydroxylamine groups is 2. The standard InChI is InChI=1S/C19H17N5O5/c20-19-22-16-15(17(27)23-19)12(9-21-16)6-3-10-1-4-11(5-2-10)18(28)29-24-13(25)7-8-14(24)26/h1-2,4-5,9H,3,6-8H2,(H4,20,21,22,23,27). The van der Waals surface area contributed by atoms with Gasteiger partial charge in [0.2, 0.25) is 5.95 Å². The molecule has 4 rings (SSSR count). The maximum absolute atomic E-state index is 12.1. The Balaban J connectivity index is 1.42. The second-order valence-electron chi connectivity index (χ2n) is 6.65. The van der Waals surface area contributed by atoms with E-state index in [0.29, 0.717) is 28.9 Å². The van der Waals surface area contributed by atoms with Crippen molar-refractivity contribution in [1.29, 1.82) is 0 Å². The summed E-state index contributed by atoms with van der Waals surface area (Å²) in [6.45, 7) is 0. The van der Waals surface area contributed by atoms with Crippen molar-refractivity contribution in [2.75, 3.05) is 5.73 Å². The van der Waals surface area contributed by atoms with Crippen LogP contribution in [-0.2, 0) is 27.3 Å². The summed E-state index contributed by atoms with van der Waals surface area (Å²) in [5, 5.41) is 0.991. The molecule has 0 saturated carbocycles. The molecule has 0 atom stereocenters. The third kappa shape index (κ3) is 3.59. The van der Waals surface area contributed by atoms with Gasteiger partial charge in [-0.1, -0.05) is 12.1 Å². The van der Waals surface area contributed by atoms with E-state index < -0.39 is 17.8 Å². The number of rotatable bonds is 5. The molecular formula is C19H17N5O5. The van der Waals surface area contributed by atoms with Gasteiger partial charge in [0.15, 0.2) is 0 Å². The molecule has 0 radical (unpaired) electrons. The fourth-order valence-corrected chi connectivity index (χ4v) is 3.20. The highest BCUT2D eigenvalue weighted by molar-refractivity contribution is 6.02. The van der Waals surface area contributed by atoms with Gasteiger partial charge in [-0.05, 0) is 36.1 Å². The summed E-state index contributed by atoms with van der Waals surface area (Å²) in [4.78, 5) is 61.7. The van der Waals surface area contributed by atoms with Crippen LogP contribution in [0.15, 0.2) is 35.3 Å². The Bertz CT molecular complexity index is 1160. The van der Waals surface area contributed by atoms with Crippen LogP contribution in [0.2, 0.25) is 0 Å². The van der Waals surface area contributed by atoms with Gasteiger partial charge in [0, 0.05) is 19.0 Å². The first-order valence-corrected chi connectivity index (χ1v) is 8.95. The number of anilines is 1. The van der Waals surface area contributed by atoms with E-state index in [0.717, 1.165) is 11.1 Å². The molecule has 10 nitrogen and oxygen atoms in total. The largest absolute Gasteiger partial charge is 0.369 e. The lowest BCUT2D eigenvalue weighted by molar-refractivity contribution is -0.172. The summed E-state index contributed by atoms with van der Waals surface area (Å²) in [7, 11) is 0. The van der Waals surface area contributed by atoms with Gasteiger partial charge < -0.3 is 15.6 Å². The fraction of sp³-hybridized carbons (Fsp3) is 0.211. The number of fused-ring (bicyclic) bond motifs is 1. The molecule has 0 aliphatic carbocycles. The Hall–Kier alpha value is -3.95. The molecule has 1 aliphatic rings. The third-order valence-electron chi connectivity index (χ3n) is 4.69. The lowest BCUT2D eigenvalue weighted by Gasteiger charge is -2.12. The van der Waals surface area contributed by atoms with Gasteiger partial charge in [-0.25, -0.2) is 4.79 Å². The number of hydrogen-bond acceptors (Lipinski definition) is 7. The normalized spacial score (nSPS) is 14.0. The highest BCUT2D eigenvalue weighted by Crippen LogP contribution is 2.17. The molecule has 0 unspecified atom stereocenters. The molecule has 1 fully saturated rings. The molecule has 1 saturated heterocycles. The van der Waals surface area contributed by atoms with Crippen LogP contribution in [0, 0.1) is 0 Å². The Labute approximate surface area is 163 Å². The van der Waals surface area contributed by atoms with Crippen molar-refractivity contribution in [2.24, 2.45) is 0 Å². The van der Waals surface area contributed by atoms with Gasteiger partial charge in [0.05, 0.1) is 10.9 Å². The molecule has 1 aromatic carbocycles. The van der Waals surface area contributed by atoms with Crippen molar-refractivity contribution in [3.63, 3.8) is 0 Å². The van der Waals surface area contributed by atoms with Crippen LogP contribution in [-0.4, -0.2) is 37.8 Å². The number of imide groups is 1. The monoisotopic (exact) mass is 395 g/mol. The molecule has 0 spiro atoms. The van der Waals surface area contributed by atoms with Crippen molar-refractivity contribution >= 4 is 34.8 Å². The number of H-pyrrole nitrogens is 2. The van der Waals surface area contributed by atoms with Crippen LogP contribution in [0.4, 0.5) is 5.95 Å². The first-order valence-electron chi connectivity index (χ1n) is 8.95. The number of nitrogens with zero attached hydrogens (tertiary/aromatic N) is 2. The molecule has 3 heterocycles. The van der Waals surface area contributed by atoms with Crippen molar-refractivity contribution in [3.05, 3.63) is 57.5 Å². The molecule has 10 heteroatoms. The maximum atomic E-state index is 12.1. The van der Waals surface area contributed by atoms with E-state index in [9.17, 15) is 19.2 Å². The smallest absolute Gasteiger partial charge is 0.363 e. The minimum Gasteiger partial charge on any atom is -0.369 e. The van der Waals surface area contributed by atoms with Gasteiger partial charge in [0.1, 0.15) is 5.65 Å². The number of nitrogens with two attached hydrogens (primary N) is 1. The van der Waals surface area contributed by atoms with Crippen LogP contribution in [0.25, 0.3) is 11.0 Å². The SMILES string of the molecule is Nc1nc2[nH]cc(CCc3ccc(C(=O)ON4C(=O)CCC4=O)cc3)c2c(=O)[nH]1. The molecule has 2 amide bonds. The van der Waals surface area contributed by atoms with E-state index >= 15 is 0 Å². The van der Waals surface area contributed by atoms with Gasteiger partial charge in [0.25, 0.3) is 17.4 Å². The molecule has 29 heavy (non-hydrogen) atoms. The number of hydrogen-bond donors (Lipinski definition) is 3. The lowest BCUT2D eigenvalue weighted by Crippen LogP contribution is -2.32. The summed E-state index contributed by atoms with van der Waals surface area (Å²) in [5.74, 6) is -1.77. The minimum atomic E-state index is -0.771.